The Morgan fingerprint density at radius 3 is 2.70 bits per heavy atom. The lowest BCUT2D eigenvalue weighted by molar-refractivity contribution is -0.129. The summed E-state index contributed by atoms with van der Waals surface area (Å²) in [5.74, 6) is -0.343. The van der Waals surface area contributed by atoms with Crippen LogP contribution in [0.1, 0.15) is 16.7 Å². The number of nitrogens with one attached hydrogen (secondary N) is 1. The first-order valence-electron chi connectivity index (χ1n) is 8.70. The van der Waals surface area contributed by atoms with Gasteiger partial charge in [-0.05, 0) is 35.2 Å². The SMILES string of the molecule is COc1cc(CN2Cc3ccccc3CC2C(=O)NCC(N)=O)ccc1O. The predicted octanol–water partition coefficient (Wildman–Crippen LogP) is 0.929. The van der Waals surface area contributed by atoms with Gasteiger partial charge in [0.25, 0.3) is 0 Å². The summed E-state index contributed by atoms with van der Waals surface area (Å²) < 4.78 is 5.17. The van der Waals surface area contributed by atoms with Crippen molar-refractivity contribution in [2.24, 2.45) is 5.73 Å². The molecule has 3 rings (SSSR count). The Hall–Kier alpha value is -3.06. The molecule has 0 spiro atoms. The van der Waals surface area contributed by atoms with Crippen molar-refractivity contribution in [1.82, 2.24) is 10.2 Å². The number of aromatic hydroxyl groups is 1. The summed E-state index contributed by atoms with van der Waals surface area (Å²) in [5, 5.41) is 12.4. The van der Waals surface area contributed by atoms with Gasteiger partial charge in [-0.15, -0.1) is 0 Å². The number of nitrogens with two attached hydrogens (primary N) is 1. The van der Waals surface area contributed by atoms with E-state index in [4.69, 9.17) is 10.5 Å². The third-order valence-electron chi connectivity index (χ3n) is 4.72. The number of methoxy groups -OCH3 is 1. The summed E-state index contributed by atoms with van der Waals surface area (Å²) in [6, 6.07) is 12.7. The topological polar surface area (TPSA) is 105 Å². The fourth-order valence-corrected chi connectivity index (χ4v) is 3.35. The summed E-state index contributed by atoms with van der Waals surface area (Å²) in [5.41, 5.74) is 8.35. The first kappa shape index (κ1) is 18.7. The number of amides is 2. The van der Waals surface area contributed by atoms with E-state index in [2.05, 4.69) is 11.4 Å². The number of benzene rings is 2. The molecule has 0 aromatic heterocycles. The zero-order valence-corrected chi connectivity index (χ0v) is 15.1. The Kier molecular flexibility index (Phi) is 5.61. The molecule has 27 heavy (non-hydrogen) atoms. The van der Waals surface area contributed by atoms with Gasteiger partial charge < -0.3 is 20.9 Å². The molecule has 0 aliphatic carbocycles. The largest absolute Gasteiger partial charge is 0.504 e. The number of rotatable bonds is 6. The maximum atomic E-state index is 12.7. The molecule has 0 radical (unpaired) electrons. The van der Waals surface area contributed by atoms with Gasteiger partial charge in [0.15, 0.2) is 11.5 Å². The first-order chi connectivity index (χ1) is 13.0. The highest BCUT2D eigenvalue weighted by Crippen LogP contribution is 2.29. The van der Waals surface area contributed by atoms with Crippen LogP contribution in [0, 0.1) is 0 Å². The van der Waals surface area contributed by atoms with Crippen molar-refractivity contribution in [1.29, 1.82) is 0 Å². The van der Waals surface area contributed by atoms with Crippen LogP contribution in [0.5, 0.6) is 11.5 Å². The number of carbonyl (C=O) groups excluding carboxylic acids is 2. The molecule has 2 aromatic carbocycles. The van der Waals surface area contributed by atoms with E-state index in [-0.39, 0.29) is 18.2 Å². The number of primary amides is 1. The fraction of sp³-hybridized carbons (Fsp3) is 0.300. The average molecular weight is 369 g/mol. The van der Waals surface area contributed by atoms with Crippen LogP contribution in [0.25, 0.3) is 0 Å². The summed E-state index contributed by atoms with van der Waals surface area (Å²) >= 11 is 0. The molecule has 0 fully saturated rings. The highest BCUT2D eigenvalue weighted by atomic mass is 16.5. The van der Waals surface area contributed by atoms with Crippen molar-refractivity contribution in [2.75, 3.05) is 13.7 Å². The second-order valence-electron chi connectivity index (χ2n) is 6.58. The lowest BCUT2D eigenvalue weighted by atomic mass is 9.93. The molecule has 0 saturated carbocycles. The molecule has 1 unspecified atom stereocenters. The molecule has 0 saturated heterocycles. The Labute approximate surface area is 157 Å². The van der Waals surface area contributed by atoms with E-state index < -0.39 is 11.9 Å². The molecule has 142 valence electrons. The highest BCUT2D eigenvalue weighted by Gasteiger charge is 2.31. The molecule has 1 atom stereocenters. The van der Waals surface area contributed by atoms with Gasteiger partial charge in [0.2, 0.25) is 11.8 Å². The van der Waals surface area contributed by atoms with Crippen molar-refractivity contribution in [3.05, 3.63) is 59.2 Å². The monoisotopic (exact) mass is 369 g/mol. The standard InChI is InChI=1S/C20H23N3O4/c1-27-18-8-13(6-7-17(18)24)11-23-12-15-5-3-2-4-14(15)9-16(23)20(26)22-10-19(21)25/h2-8,16,24H,9-12H2,1H3,(H2,21,25)(H,22,26). The molecule has 7 heteroatoms. The summed E-state index contributed by atoms with van der Waals surface area (Å²) in [7, 11) is 1.50. The van der Waals surface area contributed by atoms with Gasteiger partial charge in [-0.25, -0.2) is 0 Å². The maximum Gasteiger partial charge on any atom is 0.238 e. The molecule has 1 aliphatic rings. The molecule has 2 aromatic rings. The smallest absolute Gasteiger partial charge is 0.238 e. The molecular formula is C20H23N3O4. The van der Waals surface area contributed by atoms with E-state index in [1.54, 1.807) is 18.2 Å². The van der Waals surface area contributed by atoms with Crippen LogP contribution >= 0.6 is 0 Å². The van der Waals surface area contributed by atoms with E-state index in [1.807, 2.05) is 23.1 Å². The van der Waals surface area contributed by atoms with Crippen LogP contribution in [0.3, 0.4) is 0 Å². The Balaban J connectivity index is 1.84. The van der Waals surface area contributed by atoms with Gasteiger partial charge in [0, 0.05) is 13.1 Å². The number of phenolic OH excluding ortho intramolecular Hbond substituents is 1. The minimum atomic E-state index is -0.575. The van der Waals surface area contributed by atoms with E-state index in [0.717, 1.165) is 11.1 Å². The van der Waals surface area contributed by atoms with Gasteiger partial charge in [-0.3, -0.25) is 14.5 Å². The lowest BCUT2D eigenvalue weighted by Crippen LogP contribution is -2.51. The minimum absolute atomic E-state index is 0.0704. The van der Waals surface area contributed by atoms with Crippen molar-refractivity contribution in [3.8, 4) is 11.5 Å². The molecule has 2 amide bonds. The summed E-state index contributed by atoms with van der Waals surface area (Å²) in [6.07, 6.45) is 0.552. The number of carbonyl (C=O) groups is 2. The third kappa shape index (κ3) is 4.38. The summed E-state index contributed by atoms with van der Waals surface area (Å²) in [6.45, 7) is 0.922. The van der Waals surface area contributed by atoms with Crippen LogP contribution in [0.4, 0.5) is 0 Å². The highest BCUT2D eigenvalue weighted by molar-refractivity contribution is 5.87. The summed E-state index contributed by atoms with van der Waals surface area (Å²) in [4.78, 5) is 25.7. The Morgan fingerprint density at radius 1 is 1.26 bits per heavy atom. The second kappa shape index (κ2) is 8.09. The number of phenols is 1. The van der Waals surface area contributed by atoms with Crippen LogP contribution in [-0.2, 0) is 29.1 Å². The molecular weight excluding hydrogens is 346 g/mol. The quantitative estimate of drug-likeness (QED) is 0.703. The van der Waals surface area contributed by atoms with Crippen LogP contribution < -0.4 is 15.8 Å². The van der Waals surface area contributed by atoms with Gasteiger partial charge in [-0.2, -0.15) is 0 Å². The maximum absolute atomic E-state index is 12.7. The number of hydrogen-bond donors (Lipinski definition) is 3. The zero-order valence-electron chi connectivity index (χ0n) is 15.1. The van der Waals surface area contributed by atoms with Crippen molar-refractivity contribution < 1.29 is 19.4 Å². The fourth-order valence-electron chi connectivity index (χ4n) is 3.35. The molecule has 4 N–H and O–H groups in total. The average Bonchev–Trinajstić information content (AvgIpc) is 2.67. The van der Waals surface area contributed by atoms with Crippen molar-refractivity contribution in [2.45, 2.75) is 25.6 Å². The Bertz CT molecular complexity index is 853. The van der Waals surface area contributed by atoms with Gasteiger partial charge in [0.1, 0.15) is 0 Å². The van der Waals surface area contributed by atoms with Crippen molar-refractivity contribution >= 4 is 11.8 Å². The van der Waals surface area contributed by atoms with Crippen LogP contribution in [0.15, 0.2) is 42.5 Å². The third-order valence-corrected chi connectivity index (χ3v) is 4.72. The normalized spacial score (nSPS) is 16.4. The van der Waals surface area contributed by atoms with E-state index in [0.29, 0.717) is 25.3 Å². The number of hydrogen-bond acceptors (Lipinski definition) is 5. The molecule has 0 bridgehead atoms. The van der Waals surface area contributed by atoms with Gasteiger partial charge in [-0.1, -0.05) is 30.3 Å². The molecule has 1 heterocycles. The molecule has 1 aliphatic heterocycles. The van der Waals surface area contributed by atoms with E-state index >= 15 is 0 Å². The van der Waals surface area contributed by atoms with Gasteiger partial charge >= 0.3 is 0 Å². The minimum Gasteiger partial charge on any atom is -0.504 e. The first-order valence-corrected chi connectivity index (χ1v) is 8.70. The van der Waals surface area contributed by atoms with Gasteiger partial charge in [0.05, 0.1) is 19.7 Å². The predicted molar refractivity (Wildman–Crippen MR) is 100 cm³/mol. The van der Waals surface area contributed by atoms with E-state index in [1.165, 1.54) is 12.7 Å². The number of fused-ring (bicyclic) bond motifs is 1. The number of nitrogens with zero attached hydrogens (tertiary/aromatic N) is 1. The second-order valence-corrected chi connectivity index (χ2v) is 6.58. The van der Waals surface area contributed by atoms with Crippen LogP contribution in [0.2, 0.25) is 0 Å². The molecule has 7 nitrogen and oxygen atoms in total. The lowest BCUT2D eigenvalue weighted by Gasteiger charge is -2.36. The van der Waals surface area contributed by atoms with Crippen molar-refractivity contribution in [3.63, 3.8) is 0 Å². The number of ether oxygens (including phenoxy) is 1. The Morgan fingerprint density at radius 2 is 2.00 bits per heavy atom. The van der Waals surface area contributed by atoms with E-state index in [9.17, 15) is 14.7 Å². The van der Waals surface area contributed by atoms with Crippen LogP contribution in [-0.4, -0.2) is 41.5 Å². The zero-order chi connectivity index (χ0) is 19.4.